The second-order valence-electron chi connectivity index (χ2n) is 10.4. The lowest BCUT2D eigenvalue weighted by molar-refractivity contribution is -0.143. The molecular formula is C32H36Cl2N2O3. The second kappa shape index (κ2) is 13.9. The molecule has 0 unspecified atom stereocenters. The van der Waals surface area contributed by atoms with Crippen LogP contribution in [0.2, 0.25) is 10.0 Å². The van der Waals surface area contributed by atoms with Gasteiger partial charge in [-0.25, -0.2) is 0 Å². The first-order chi connectivity index (χ1) is 18.8. The first-order valence-electron chi connectivity index (χ1n) is 13.6. The summed E-state index contributed by atoms with van der Waals surface area (Å²) in [6.45, 7) is 4.04. The van der Waals surface area contributed by atoms with Crippen molar-refractivity contribution in [1.29, 1.82) is 0 Å². The average Bonchev–Trinajstić information content (AvgIpc) is 2.94. The summed E-state index contributed by atoms with van der Waals surface area (Å²) in [6.07, 6.45) is 5.70. The third-order valence-electron chi connectivity index (χ3n) is 7.40. The molecule has 5 nitrogen and oxygen atoms in total. The molecule has 1 atom stereocenters. The van der Waals surface area contributed by atoms with Crippen LogP contribution in [0.4, 0.5) is 0 Å². The lowest BCUT2D eigenvalue weighted by atomic mass is 9.94. The highest BCUT2D eigenvalue weighted by Gasteiger charge is 2.32. The Morgan fingerprint density at radius 2 is 1.64 bits per heavy atom. The number of amides is 2. The average molecular weight is 568 g/mol. The van der Waals surface area contributed by atoms with Gasteiger partial charge in [0.25, 0.3) is 5.91 Å². The molecule has 1 aliphatic carbocycles. The molecular weight excluding hydrogens is 531 g/mol. The predicted molar refractivity (Wildman–Crippen MR) is 157 cm³/mol. The molecule has 206 valence electrons. The highest BCUT2D eigenvalue weighted by atomic mass is 35.5. The Morgan fingerprint density at radius 3 is 2.33 bits per heavy atom. The molecule has 39 heavy (non-hydrogen) atoms. The quantitative estimate of drug-likeness (QED) is 0.285. The molecule has 4 rings (SSSR count). The molecule has 3 aromatic carbocycles. The maximum atomic E-state index is 13.8. The zero-order valence-corrected chi connectivity index (χ0v) is 24.1. The molecule has 0 saturated heterocycles. The van der Waals surface area contributed by atoms with Crippen molar-refractivity contribution in [2.75, 3.05) is 6.61 Å². The molecule has 1 N–H and O–H groups in total. The lowest BCUT2D eigenvalue weighted by Gasteiger charge is -2.33. The number of carbonyl (C=O) groups excluding carboxylic acids is 2. The summed E-state index contributed by atoms with van der Waals surface area (Å²) < 4.78 is 5.93. The standard InChI is InChI=1S/C32H36Cl2N2O3/c1-22-13-15-27(17-23(22)2)39-21-31(37)36(20-25-14-16-28(33)29(34)18-25)30(19-24-9-5-3-6-10-24)32(38)35-26-11-7-4-8-12-26/h3,5-6,9-10,13-18,26,30H,4,7-8,11-12,19-21H2,1-2H3,(H,35,38)/t30-/m1/s1. The van der Waals surface area contributed by atoms with Gasteiger partial charge in [0.05, 0.1) is 10.0 Å². The molecule has 0 radical (unpaired) electrons. The van der Waals surface area contributed by atoms with Crippen molar-refractivity contribution in [3.63, 3.8) is 0 Å². The molecule has 2 amide bonds. The van der Waals surface area contributed by atoms with Crippen molar-refractivity contribution in [3.05, 3.63) is 99.0 Å². The van der Waals surface area contributed by atoms with Gasteiger partial charge < -0.3 is 15.0 Å². The minimum atomic E-state index is -0.723. The summed E-state index contributed by atoms with van der Waals surface area (Å²) in [5.74, 6) is 0.191. The predicted octanol–water partition coefficient (Wildman–Crippen LogP) is 7.08. The molecule has 7 heteroatoms. The Balaban J connectivity index is 1.63. The number of benzene rings is 3. The van der Waals surface area contributed by atoms with Crippen LogP contribution in [0, 0.1) is 13.8 Å². The van der Waals surface area contributed by atoms with Gasteiger partial charge in [0, 0.05) is 19.0 Å². The molecule has 0 aromatic heterocycles. The van der Waals surface area contributed by atoms with Gasteiger partial charge in [0.1, 0.15) is 11.8 Å². The van der Waals surface area contributed by atoms with E-state index in [9.17, 15) is 9.59 Å². The van der Waals surface area contributed by atoms with E-state index in [-0.39, 0.29) is 31.0 Å². The van der Waals surface area contributed by atoms with Crippen LogP contribution in [-0.4, -0.2) is 35.4 Å². The van der Waals surface area contributed by atoms with Crippen LogP contribution in [0.3, 0.4) is 0 Å². The number of hydrogen-bond acceptors (Lipinski definition) is 3. The Kier molecular flexibility index (Phi) is 10.3. The lowest BCUT2D eigenvalue weighted by Crippen LogP contribution is -2.53. The second-order valence-corrected chi connectivity index (χ2v) is 11.2. The van der Waals surface area contributed by atoms with E-state index in [0.29, 0.717) is 22.2 Å². The Labute approximate surface area is 241 Å². The van der Waals surface area contributed by atoms with Crippen molar-refractivity contribution < 1.29 is 14.3 Å². The van der Waals surface area contributed by atoms with E-state index in [1.165, 1.54) is 6.42 Å². The molecule has 0 spiro atoms. The topological polar surface area (TPSA) is 58.6 Å². The summed E-state index contributed by atoms with van der Waals surface area (Å²) >= 11 is 12.5. The van der Waals surface area contributed by atoms with Crippen LogP contribution in [0.25, 0.3) is 0 Å². The van der Waals surface area contributed by atoms with Gasteiger partial charge in [-0.3, -0.25) is 9.59 Å². The third-order valence-corrected chi connectivity index (χ3v) is 8.14. The number of hydrogen-bond donors (Lipinski definition) is 1. The van der Waals surface area contributed by atoms with E-state index in [0.717, 1.165) is 47.9 Å². The number of aryl methyl sites for hydroxylation is 2. The smallest absolute Gasteiger partial charge is 0.261 e. The summed E-state index contributed by atoms with van der Waals surface area (Å²) in [4.78, 5) is 29.3. The number of rotatable bonds is 10. The number of ether oxygens (including phenoxy) is 1. The Hall–Kier alpha value is -3.02. The van der Waals surface area contributed by atoms with Crippen LogP contribution in [-0.2, 0) is 22.6 Å². The van der Waals surface area contributed by atoms with Crippen molar-refractivity contribution in [3.8, 4) is 5.75 Å². The third kappa shape index (κ3) is 8.23. The van der Waals surface area contributed by atoms with Crippen LogP contribution < -0.4 is 10.1 Å². The van der Waals surface area contributed by atoms with Crippen molar-refractivity contribution in [2.24, 2.45) is 0 Å². The molecule has 1 aliphatic rings. The van der Waals surface area contributed by atoms with Gasteiger partial charge >= 0.3 is 0 Å². The minimum absolute atomic E-state index is 0.123. The van der Waals surface area contributed by atoms with E-state index in [1.54, 1.807) is 17.0 Å². The van der Waals surface area contributed by atoms with Gasteiger partial charge in [-0.1, -0.05) is 84.9 Å². The number of nitrogens with one attached hydrogen (secondary N) is 1. The van der Waals surface area contributed by atoms with Crippen molar-refractivity contribution in [2.45, 2.75) is 71.0 Å². The largest absolute Gasteiger partial charge is 0.484 e. The van der Waals surface area contributed by atoms with Crippen LogP contribution in [0.5, 0.6) is 5.75 Å². The van der Waals surface area contributed by atoms with Crippen molar-refractivity contribution in [1.82, 2.24) is 10.2 Å². The van der Waals surface area contributed by atoms with Crippen LogP contribution >= 0.6 is 23.2 Å². The van der Waals surface area contributed by atoms with Crippen molar-refractivity contribution >= 4 is 35.0 Å². The summed E-state index contributed by atoms with van der Waals surface area (Å²) in [5, 5.41) is 4.09. The zero-order chi connectivity index (χ0) is 27.8. The number of carbonyl (C=O) groups is 2. The maximum Gasteiger partial charge on any atom is 0.261 e. The molecule has 0 aliphatic heterocycles. The Bertz CT molecular complexity index is 1280. The highest BCUT2D eigenvalue weighted by Crippen LogP contribution is 2.25. The summed E-state index contributed by atoms with van der Waals surface area (Å²) in [7, 11) is 0. The fraction of sp³-hybridized carbons (Fsp3) is 0.375. The van der Waals surface area contributed by atoms with E-state index >= 15 is 0 Å². The summed E-state index contributed by atoms with van der Waals surface area (Å²) in [5.41, 5.74) is 3.99. The van der Waals surface area contributed by atoms with E-state index < -0.39 is 6.04 Å². The van der Waals surface area contributed by atoms with Crippen LogP contribution in [0.1, 0.15) is 54.4 Å². The molecule has 1 saturated carbocycles. The molecule has 3 aromatic rings. The number of nitrogens with zero attached hydrogens (tertiary/aromatic N) is 1. The fourth-order valence-corrected chi connectivity index (χ4v) is 5.29. The van der Waals surface area contributed by atoms with E-state index in [1.807, 2.05) is 68.4 Å². The van der Waals surface area contributed by atoms with Gasteiger partial charge in [0.15, 0.2) is 6.61 Å². The SMILES string of the molecule is Cc1ccc(OCC(=O)N(Cc2ccc(Cl)c(Cl)c2)[C@H](Cc2ccccc2)C(=O)NC2CCCCC2)cc1C. The molecule has 0 heterocycles. The van der Waals surface area contributed by atoms with Crippen LogP contribution in [0.15, 0.2) is 66.7 Å². The first-order valence-corrected chi connectivity index (χ1v) is 14.3. The van der Waals surface area contributed by atoms with E-state index in [2.05, 4.69) is 5.32 Å². The van der Waals surface area contributed by atoms with E-state index in [4.69, 9.17) is 27.9 Å². The zero-order valence-electron chi connectivity index (χ0n) is 22.6. The normalized spacial score (nSPS) is 14.5. The van der Waals surface area contributed by atoms with Gasteiger partial charge in [0.2, 0.25) is 5.91 Å². The minimum Gasteiger partial charge on any atom is -0.484 e. The monoisotopic (exact) mass is 566 g/mol. The Morgan fingerprint density at radius 1 is 0.897 bits per heavy atom. The van der Waals surface area contributed by atoms with Gasteiger partial charge in [-0.15, -0.1) is 0 Å². The highest BCUT2D eigenvalue weighted by molar-refractivity contribution is 6.42. The fourth-order valence-electron chi connectivity index (χ4n) is 4.96. The molecule has 1 fully saturated rings. The summed E-state index contributed by atoms with van der Waals surface area (Å²) in [6, 6.07) is 20.2. The number of halogens is 2. The molecule has 0 bridgehead atoms. The van der Waals surface area contributed by atoms with Gasteiger partial charge in [-0.2, -0.15) is 0 Å². The van der Waals surface area contributed by atoms with Gasteiger partial charge in [-0.05, 0) is 73.2 Å². The maximum absolute atomic E-state index is 13.8. The first kappa shape index (κ1) is 29.0.